The van der Waals surface area contributed by atoms with Crippen LogP contribution in [-0.4, -0.2) is 13.1 Å². The molecule has 1 aromatic rings. The third-order valence-corrected chi connectivity index (χ3v) is 4.15. The van der Waals surface area contributed by atoms with E-state index in [9.17, 15) is 0 Å². The number of aryl methyl sites for hydroxylation is 2. The van der Waals surface area contributed by atoms with Crippen molar-refractivity contribution in [3.8, 4) is 12.1 Å². The molecular weight excluding hydrogens is 258 g/mol. The normalized spacial score (nSPS) is 16.0. The summed E-state index contributed by atoms with van der Waals surface area (Å²) in [4.78, 5) is 2.52. The second-order valence-electron chi connectivity index (χ2n) is 5.54. The van der Waals surface area contributed by atoms with E-state index in [1.54, 1.807) is 12.2 Å². The minimum absolute atomic E-state index is 0.136. The number of hydrogen-bond donors (Lipinski definition) is 0. The molecule has 0 aliphatic carbocycles. The number of allylic oxidation sites excluding steroid dienone is 3. The van der Waals surface area contributed by atoms with Crippen molar-refractivity contribution in [2.75, 3.05) is 18.0 Å². The average Bonchev–Trinajstić information content (AvgIpc) is 2.52. The molecule has 3 heteroatoms. The van der Waals surface area contributed by atoms with Crippen LogP contribution in [0.25, 0.3) is 6.08 Å². The second kappa shape index (κ2) is 5.85. The Kier molecular flexibility index (Phi) is 3.75. The van der Waals surface area contributed by atoms with Gasteiger partial charge in [0, 0.05) is 18.8 Å². The van der Waals surface area contributed by atoms with E-state index in [0.29, 0.717) is 0 Å². The molecule has 104 valence electrons. The zero-order valence-electron chi connectivity index (χ0n) is 12.0. The fourth-order valence-corrected chi connectivity index (χ4v) is 3.28. The van der Waals surface area contributed by atoms with Gasteiger partial charge < -0.3 is 4.90 Å². The van der Waals surface area contributed by atoms with Gasteiger partial charge in [-0.3, -0.25) is 0 Å². The fourth-order valence-electron chi connectivity index (χ4n) is 3.28. The van der Waals surface area contributed by atoms with Crippen LogP contribution >= 0.6 is 0 Å². The molecule has 0 fully saturated rings. The Morgan fingerprint density at radius 2 is 1.67 bits per heavy atom. The van der Waals surface area contributed by atoms with Crippen molar-refractivity contribution in [1.82, 2.24) is 0 Å². The van der Waals surface area contributed by atoms with E-state index in [0.717, 1.165) is 12.8 Å². The highest BCUT2D eigenvalue weighted by atomic mass is 15.1. The van der Waals surface area contributed by atoms with Crippen molar-refractivity contribution in [2.24, 2.45) is 0 Å². The lowest BCUT2D eigenvalue weighted by molar-refractivity contribution is 0.634. The zero-order chi connectivity index (χ0) is 14.7. The summed E-state index contributed by atoms with van der Waals surface area (Å²) in [5.74, 6) is 0. The van der Waals surface area contributed by atoms with Gasteiger partial charge >= 0.3 is 0 Å². The van der Waals surface area contributed by atoms with Crippen molar-refractivity contribution < 1.29 is 0 Å². The maximum absolute atomic E-state index is 8.72. The van der Waals surface area contributed by atoms with Crippen molar-refractivity contribution in [2.45, 2.75) is 25.7 Å². The minimum Gasteiger partial charge on any atom is -0.371 e. The molecule has 0 atom stereocenters. The van der Waals surface area contributed by atoms with E-state index < -0.39 is 0 Å². The summed E-state index contributed by atoms with van der Waals surface area (Å²) < 4.78 is 0. The van der Waals surface area contributed by atoms with Crippen LogP contribution in [0.2, 0.25) is 0 Å². The van der Waals surface area contributed by atoms with Gasteiger partial charge in [0.1, 0.15) is 17.7 Å². The predicted molar refractivity (Wildman–Crippen MR) is 83.6 cm³/mol. The topological polar surface area (TPSA) is 50.8 Å². The van der Waals surface area contributed by atoms with Gasteiger partial charge in [0.25, 0.3) is 0 Å². The van der Waals surface area contributed by atoms with Gasteiger partial charge in [0.05, 0.1) is 0 Å². The molecule has 0 bridgehead atoms. The predicted octanol–water partition coefficient (Wildman–Crippen LogP) is 3.37. The molecule has 1 aromatic carbocycles. The van der Waals surface area contributed by atoms with Gasteiger partial charge in [-0.2, -0.15) is 10.5 Å². The Morgan fingerprint density at radius 3 is 2.24 bits per heavy atom. The SMILES string of the molecule is N#CC(C#N)=C/C=C/c1cc2c3c(c1)CCCN3CCC2. The lowest BCUT2D eigenvalue weighted by Crippen LogP contribution is -2.34. The maximum atomic E-state index is 8.72. The van der Waals surface area contributed by atoms with E-state index in [-0.39, 0.29) is 5.57 Å². The quantitative estimate of drug-likeness (QED) is 0.614. The lowest BCUT2D eigenvalue weighted by atomic mass is 9.90. The van der Waals surface area contributed by atoms with Crippen LogP contribution < -0.4 is 4.90 Å². The minimum atomic E-state index is 0.136. The molecule has 2 aliphatic heterocycles. The smallest absolute Gasteiger partial charge is 0.129 e. The van der Waals surface area contributed by atoms with Gasteiger partial charge in [-0.05, 0) is 60.6 Å². The summed E-state index contributed by atoms with van der Waals surface area (Å²) in [7, 11) is 0. The number of nitrogens with zero attached hydrogens (tertiary/aromatic N) is 3. The molecule has 0 unspecified atom stereocenters. The van der Waals surface area contributed by atoms with Crippen LogP contribution in [0, 0.1) is 22.7 Å². The summed E-state index contributed by atoms with van der Waals surface area (Å²) >= 11 is 0. The number of benzene rings is 1. The second-order valence-corrected chi connectivity index (χ2v) is 5.54. The van der Waals surface area contributed by atoms with Gasteiger partial charge in [-0.25, -0.2) is 0 Å². The van der Waals surface area contributed by atoms with Gasteiger partial charge in [0.15, 0.2) is 0 Å². The maximum Gasteiger partial charge on any atom is 0.129 e. The van der Waals surface area contributed by atoms with Crippen molar-refractivity contribution in [1.29, 1.82) is 10.5 Å². The summed E-state index contributed by atoms with van der Waals surface area (Å²) in [6.45, 7) is 2.37. The van der Waals surface area contributed by atoms with E-state index in [1.807, 2.05) is 18.2 Å². The first-order chi connectivity index (χ1) is 10.3. The Morgan fingerprint density at radius 1 is 1.05 bits per heavy atom. The number of anilines is 1. The van der Waals surface area contributed by atoms with Crippen LogP contribution in [0.5, 0.6) is 0 Å². The molecule has 0 saturated heterocycles. The molecule has 2 aliphatic rings. The van der Waals surface area contributed by atoms with Crippen molar-refractivity contribution >= 4 is 11.8 Å². The number of hydrogen-bond acceptors (Lipinski definition) is 3. The van der Waals surface area contributed by atoms with Crippen LogP contribution in [0.4, 0.5) is 5.69 Å². The summed E-state index contributed by atoms with van der Waals surface area (Å²) in [6, 6.07) is 8.23. The third kappa shape index (κ3) is 2.69. The molecule has 0 N–H and O–H groups in total. The van der Waals surface area contributed by atoms with Crippen molar-refractivity contribution in [3.63, 3.8) is 0 Å². The molecule has 0 aromatic heterocycles. The average molecular weight is 275 g/mol. The molecule has 3 rings (SSSR count). The Labute approximate surface area is 125 Å². The van der Waals surface area contributed by atoms with E-state index in [4.69, 9.17) is 10.5 Å². The highest BCUT2D eigenvalue weighted by Crippen LogP contribution is 2.36. The molecule has 0 saturated carbocycles. The van der Waals surface area contributed by atoms with Gasteiger partial charge in [-0.1, -0.05) is 12.2 Å². The molecule has 0 radical (unpaired) electrons. The summed E-state index contributed by atoms with van der Waals surface area (Å²) in [5.41, 5.74) is 5.66. The first kappa shape index (κ1) is 13.5. The fraction of sp³-hybridized carbons (Fsp3) is 0.333. The Bertz CT molecular complexity index is 651. The molecule has 21 heavy (non-hydrogen) atoms. The number of rotatable bonds is 2. The molecule has 0 spiro atoms. The van der Waals surface area contributed by atoms with Crippen LogP contribution in [-0.2, 0) is 12.8 Å². The first-order valence-electron chi connectivity index (χ1n) is 7.41. The Balaban J connectivity index is 1.92. The van der Waals surface area contributed by atoms with Crippen LogP contribution in [0.3, 0.4) is 0 Å². The monoisotopic (exact) mass is 275 g/mol. The lowest BCUT2D eigenvalue weighted by Gasteiger charge is -2.37. The van der Waals surface area contributed by atoms with Gasteiger partial charge in [-0.15, -0.1) is 0 Å². The molecular formula is C18H17N3. The molecule has 2 heterocycles. The van der Waals surface area contributed by atoms with Gasteiger partial charge in [0.2, 0.25) is 0 Å². The highest BCUT2D eigenvalue weighted by Gasteiger charge is 2.23. The van der Waals surface area contributed by atoms with E-state index in [1.165, 1.54) is 48.3 Å². The standard InChI is InChI=1S/C18H17N3/c19-12-15(13-20)5-1-4-14-10-16-6-2-8-21-9-3-7-17(11-14)18(16)21/h1,4-5,10-11H,2-3,6-9H2/b4-1+. The highest BCUT2D eigenvalue weighted by molar-refractivity contribution is 5.68. The van der Waals surface area contributed by atoms with E-state index in [2.05, 4.69) is 17.0 Å². The largest absolute Gasteiger partial charge is 0.371 e. The van der Waals surface area contributed by atoms with Crippen molar-refractivity contribution in [3.05, 3.63) is 46.5 Å². The first-order valence-corrected chi connectivity index (χ1v) is 7.41. The van der Waals surface area contributed by atoms with Crippen LogP contribution in [0.1, 0.15) is 29.5 Å². The molecule has 0 amide bonds. The molecule has 3 nitrogen and oxygen atoms in total. The Hall–Kier alpha value is -2.52. The summed E-state index contributed by atoms with van der Waals surface area (Å²) in [5, 5.41) is 17.4. The zero-order valence-corrected chi connectivity index (χ0v) is 12.0. The van der Waals surface area contributed by atoms with Crippen LogP contribution in [0.15, 0.2) is 29.9 Å². The number of nitriles is 2. The summed E-state index contributed by atoms with van der Waals surface area (Å²) in [6.07, 6.45) is 10.1. The third-order valence-electron chi connectivity index (χ3n) is 4.15. The van der Waals surface area contributed by atoms with E-state index >= 15 is 0 Å².